The average Bonchev–Trinajstić information content (AvgIpc) is 3.08. The van der Waals surface area contributed by atoms with Gasteiger partial charge >= 0.3 is 0 Å². The van der Waals surface area contributed by atoms with E-state index in [0.29, 0.717) is 6.54 Å². The van der Waals surface area contributed by atoms with Crippen LogP contribution in [0.4, 0.5) is 0 Å². The van der Waals surface area contributed by atoms with Gasteiger partial charge in [0.05, 0.1) is 7.11 Å². The molecule has 0 atom stereocenters. The maximum atomic E-state index is 11.1. The molecule has 1 aliphatic carbocycles. The number of methoxy groups -OCH3 is 1. The number of ether oxygens (including phenoxy) is 1. The number of carbonyl (C=O) groups is 1. The lowest BCUT2D eigenvalue weighted by Crippen LogP contribution is -2.30. The number of carbonyl (C=O) groups excluding carboxylic acids is 1. The van der Waals surface area contributed by atoms with Crippen LogP contribution in [0.1, 0.15) is 25.3 Å². The molecule has 0 unspecified atom stereocenters. The van der Waals surface area contributed by atoms with E-state index in [-0.39, 0.29) is 11.3 Å². The van der Waals surface area contributed by atoms with Gasteiger partial charge in [-0.05, 0) is 36.6 Å². The van der Waals surface area contributed by atoms with Gasteiger partial charge in [-0.15, -0.1) is 0 Å². The van der Waals surface area contributed by atoms with Gasteiger partial charge in [0.25, 0.3) is 0 Å². The van der Waals surface area contributed by atoms with E-state index in [1.807, 2.05) is 12.1 Å². The van der Waals surface area contributed by atoms with Crippen molar-refractivity contribution in [2.75, 3.05) is 13.7 Å². The van der Waals surface area contributed by atoms with E-state index < -0.39 is 0 Å². The zero-order valence-corrected chi connectivity index (χ0v) is 11.2. The number of H-pyrrole nitrogens is 1. The van der Waals surface area contributed by atoms with Crippen LogP contribution < -0.4 is 10.1 Å². The number of benzene rings is 1. The van der Waals surface area contributed by atoms with Crippen molar-refractivity contribution >= 4 is 16.8 Å². The van der Waals surface area contributed by atoms with E-state index in [2.05, 4.69) is 22.6 Å². The van der Waals surface area contributed by atoms with Gasteiger partial charge < -0.3 is 15.0 Å². The third-order valence-corrected chi connectivity index (χ3v) is 3.99. The van der Waals surface area contributed by atoms with Gasteiger partial charge in [0, 0.05) is 36.0 Å². The molecule has 1 fully saturated rings. The number of nitrogens with one attached hydrogen (secondary N) is 2. The van der Waals surface area contributed by atoms with Crippen molar-refractivity contribution in [3.8, 4) is 5.75 Å². The molecule has 1 amide bonds. The molecule has 100 valence electrons. The second-order valence-electron chi connectivity index (χ2n) is 5.30. The molecular formula is C15H18N2O2. The first kappa shape index (κ1) is 12.1. The topological polar surface area (TPSA) is 54.1 Å². The molecule has 1 aromatic carbocycles. The fourth-order valence-electron chi connectivity index (χ4n) is 2.65. The maximum absolute atomic E-state index is 11.1. The molecular weight excluding hydrogens is 240 g/mol. The van der Waals surface area contributed by atoms with Gasteiger partial charge in [0.15, 0.2) is 0 Å². The summed E-state index contributed by atoms with van der Waals surface area (Å²) in [7, 11) is 1.68. The third kappa shape index (κ3) is 2.07. The quantitative estimate of drug-likeness (QED) is 0.884. The fraction of sp³-hybridized carbons (Fsp3) is 0.400. The van der Waals surface area contributed by atoms with E-state index >= 15 is 0 Å². The number of amides is 1. The molecule has 2 N–H and O–H groups in total. The first-order chi connectivity index (χ1) is 9.14. The summed E-state index contributed by atoms with van der Waals surface area (Å²) in [4.78, 5) is 14.4. The summed E-state index contributed by atoms with van der Waals surface area (Å²) in [6.45, 7) is 2.28. The Labute approximate surface area is 112 Å². The van der Waals surface area contributed by atoms with Crippen molar-refractivity contribution in [1.82, 2.24) is 10.3 Å². The summed E-state index contributed by atoms with van der Waals surface area (Å²) >= 11 is 0. The minimum absolute atomic E-state index is 0.0312. The fourth-order valence-corrected chi connectivity index (χ4v) is 2.65. The van der Waals surface area contributed by atoms with Gasteiger partial charge in [0.1, 0.15) is 5.75 Å². The van der Waals surface area contributed by atoms with Crippen LogP contribution in [0.15, 0.2) is 24.4 Å². The van der Waals surface area contributed by atoms with E-state index in [0.717, 1.165) is 24.1 Å². The Hall–Kier alpha value is -1.97. The molecule has 1 saturated carbocycles. The second-order valence-corrected chi connectivity index (χ2v) is 5.30. The molecule has 4 nitrogen and oxygen atoms in total. The number of hydrogen-bond donors (Lipinski definition) is 2. The Balaban J connectivity index is 1.98. The molecule has 19 heavy (non-hydrogen) atoms. The van der Waals surface area contributed by atoms with Crippen LogP contribution in [0, 0.1) is 0 Å². The molecule has 2 aromatic rings. The summed E-state index contributed by atoms with van der Waals surface area (Å²) in [6.07, 6.45) is 4.31. The molecule has 0 saturated heterocycles. The third-order valence-electron chi connectivity index (χ3n) is 3.99. The van der Waals surface area contributed by atoms with Gasteiger partial charge in [0.2, 0.25) is 5.91 Å². The number of rotatable bonds is 4. The van der Waals surface area contributed by atoms with E-state index in [1.165, 1.54) is 10.9 Å². The Morgan fingerprint density at radius 1 is 1.47 bits per heavy atom. The van der Waals surface area contributed by atoms with Crippen LogP contribution in [0.2, 0.25) is 0 Å². The highest BCUT2D eigenvalue weighted by Gasteiger charge is 2.45. The summed E-state index contributed by atoms with van der Waals surface area (Å²) in [6, 6.07) is 6.05. The lowest BCUT2D eigenvalue weighted by molar-refractivity contribution is -0.119. The number of aromatic amines is 1. The van der Waals surface area contributed by atoms with Crippen LogP contribution >= 0.6 is 0 Å². The van der Waals surface area contributed by atoms with E-state index in [1.54, 1.807) is 14.0 Å². The van der Waals surface area contributed by atoms with Crippen LogP contribution in [-0.4, -0.2) is 24.5 Å². The standard InChI is InChI=1S/C15H18N2O2/c1-10(18)17-9-15(5-6-15)13-8-16-14-4-3-11(19-2)7-12(13)14/h3-4,7-8,16H,5-6,9H2,1-2H3,(H,17,18). The highest BCUT2D eigenvalue weighted by atomic mass is 16.5. The van der Waals surface area contributed by atoms with E-state index in [9.17, 15) is 4.79 Å². The van der Waals surface area contributed by atoms with Crippen LogP contribution in [0.25, 0.3) is 10.9 Å². The Kier molecular flexibility index (Phi) is 2.73. The molecule has 0 aliphatic heterocycles. The van der Waals surface area contributed by atoms with Crippen molar-refractivity contribution in [2.24, 2.45) is 0 Å². The zero-order valence-electron chi connectivity index (χ0n) is 11.2. The van der Waals surface area contributed by atoms with Crippen molar-refractivity contribution < 1.29 is 9.53 Å². The van der Waals surface area contributed by atoms with Gasteiger partial charge in [-0.25, -0.2) is 0 Å². The number of aromatic nitrogens is 1. The van der Waals surface area contributed by atoms with Crippen LogP contribution in [0.3, 0.4) is 0 Å². The van der Waals surface area contributed by atoms with Gasteiger partial charge in [-0.3, -0.25) is 4.79 Å². The monoisotopic (exact) mass is 258 g/mol. The molecule has 0 radical (unpaired) electrons. The molecule has 4 heteroatoms. The second kappa shape index (κ2) is 4.30. The van der Waals surface area contributed by atoms with Crippen LogP contribution in [-0.2, 0) is 10.2 Å². The summed E-state index contributed by atoms with van der Waals surface area (Å²) in [5.74, 6) is 0.896. The minimum Gasteiger partial charge on any atom is -0.497 e. The summed E-state index contributed by atoms with van der Waals surface area (Å²) in [5.41, 5.74) is 2.51. The predicted octanol–water partition coefficient (Wildman–Crippen LogP) is 2.34. The lowest BCUT2D eigenvalue weighted by Gasteiger charge is -2.15. The predicted molar refractivity (Wildman–Crippen MR) is 74.4 cm³/mol. The highest BCUT2D eigenvalue weighted by Crippen LogP contribution is 2.50. The summed E-state index contributed by atoms with van der Waals surface area (Å²) in [5, 5.41) is 4.14. The first-order valence-electron chi connectivity index (χ1n) is 6.55. The van der Waals surface area contributed by atoms with Crippen molar-refractivity contribution in [3.63, 3.8) is 0 Å². The SMILES string of the molecule is COc1ccc2[nH]cc(C3(CNC(C)=O)CC3)c2c1. The van der Waals surface area contributed by atoms with Crippen molar-refractivity contribution in [3.05, 3.63) is 30.0 Å². The molecule has 1 aliphatic rings. The first-order valence-corrected chi connectivity index (χ1v) is 6.55. The molecule has 3 rings (SSSR count). The van der Waals surface area contributed by atoms with Crippen LogP contribution in [0.5, 0.6) is 5.75 Å². The normalized spacial score (nSPS) is 16.3. The molecule has 1 heterocycles. The Bertz CT molecular complexity index is 626. The van der Waals surface area contributed by atoms with Crippen molar-refractivity contribution in [2.45, 2.75) is 25.2 Å². The minimum atomic E-state index is 0.0312. The number of hydrogen-bond acceptors (Lipinski definition) is 2. The zero-order chi connectivity index (χ0) is 13.5. The lowest BCUT2D eigenvalue weighted by atomic mass is 9.95. The smallest absolute Gasteiger partial charge is 0.216 e. The summed E-state index contributed by atoms with van der Waals surface area (Å²) < 4.78 is 5.29. The highest BCUT2D eigenvalue weighted by molar-refractivity contribution is 5.86. The van der Waals surface area contributed by atoms with Gasteiger partial charge in [-0.2, -0.15) is 0 Å². The van der Waals surface area contributed by atoms with E-state index in [4.69, 9.17) is 4.74 Å². The average molecular weight is 258 g/mol. The molecule has 0 bridgehead atoms. The Morgan fingerprint density at radius 2 is 2.26 bits per heavy atom. The van der Waals surface area contributed by atoms with Gasteiger partial charge in [-0.1, -0.05) is 0 Å². The largest absolute Gasteiger partial charge is 0.497 e. The Morgan fingerprint density at radius 3 is 2.89 bits per heavy atom. The van der Waals surface area contributed by atoms with Crippen molar-refractivity contribution in [1.29, 1.82) is 0 Å². The molecule has 0 spiro atoms. The molecule has 1 aromatic heterocycles. The maximum Gasteiger partial charge on any atom is 0.216 e. The number of fused-ring (bicyclic) bond motifs is 1.